The second kappa shape index (κ2) is 24.4. The summed E-state index contributed by atoms with van der Waals surface area (Å²) >= 11 is 1.10. The van der Waals surface area contributed by atoms with Crippen molar-refractivity contribution in [2.75, 3.05) is 37.8 Å². The van der Waals surface area contributed by atoms with E-state index in [1.165, 1.54) is 46.0 Å². The maximum Gasteiger partial charge on any atom is 0.481 e. The van der Waals surface area contributed by atoms with Crippen molar-refractivity contribution in [1.29, 1.82) is 0 Å². The number of aliphatic hydroxyl groups is 2. The minimum atomic E-state index is -5.57. The molecule has 0 aromatic carbocycles. The van der Waals surface area contributed by atoms with Gasteiger partial charge in [-0.3, -0.25) is 32.5 Å². The number of nitrogen functional groups attached to an aromatic ring is 1. The lowest BCUT2D eigenvalue weighted by atomic mass is 9.87. The van der Waals surface area contributed by atoms with E-state index in [1.54, 1.807) is 0 Å². The molecule has 0 spiro atoms. The number of thioether (sulfide) groups is 1. The number of hydrogen-bond donors (Lipinski definition) is 9. The molecule has 3 heterocycles. The molecule has 3 unspecified atom stereocenters. The fourth-order valence-corrected chi connectivity index (χ4v) is 9.17. The van der Waals surface area contributed by atoms with Crippen LogP contribution in [0.4, 0.5) is 5.82 Å². The number of ether oxygens (including phenoxy) is 1. The number of aromatic nitrogens is 4. The van der Waals surface area contributed by atoms with Gasteiger partial charge in [0, 0.05) is 37.1 Å². The van der Waals surface area contributed by atoms with E-state index in [1.807, 2.05) is 12.2 Å². The van der Waals surface area contributed by atoms with Crippen LogP contribution in [0.3, 0.4) is 0 Å². The normalized spacial score (nSPS) is 21.0. The van der Waals surface area contributed by atoms with Crippen LogP contribution in [0, 0.1) is 5.41 Å². The minimum Gasteiger partial charge on any atom is -0.386 e. The summed E-state index contributed by atoms with van der Waals surface area (Å²) in [4.78, 5) is 87.9. The number of nitrogens with one attached hydrogen (secondary N) is 2. The number of imidazole rings is 1. The Labute approximate surface area is 356 Å². The Bertz CT molecular complexity index is 1940. The van der Waals surface area contributed by atoms with E-state index in [9.17, 15) is 57.9 Å². The van der Waals surface area contributed by atoms with Crippen LogP contribution in [-0.4, -0.2) is 123 Å². The van der Waals surface area contributed by atoms with Gasteiger partial charge < -0.3 is 50.9 Å². The summed E-state index contributed by atoms with van der Waals surface area (Å²) < 4.78 is 62.3. The molecule has 2 aromatic heterocycles. The molecule has 0 saturated carbocycles. The first kappa shape index (κ1) is 52.6. The number of rotatable bonds is 28. The number of allylic oxidation sites excluding steroid dienone is 2. The highest BCUT2D eigenvalue weighted by molar-refractivity contribution is 8.13. The van der Waals surface area contributed by atoms with E-state index < -0.39 is 84.6 Å². The topological polar surface area (TPSA) is 364 Å². The van der Waals surface area contributed by atoms with Crippen molar-refractivity contribution in [3.8, 4) is 0 Å². The molecule has 61 heavy (non-hydrogen) atoms. The average Bonchev–Trinajstić information content (AvgIpc) is 3.73. The lowest BCUT2D eigenvalue weighted by Crippen LogP contribution is -2.46. The number of aliphatic hydroxyl groups excluding tert-OH is 2. The molecule has 28 heteroatoms. The quantitative estimate of drug-likeness (QED) is 0.0336. The van der Waals surface area contributed by atoms with E-state index in [0.717, 1.165) is 41.8 Å². The molecule has 2 amide bonds. The molecule has 24 nitrogen and oxygen atoms in total. The van der Waals surface area contributed by atoms with Crippen LogP contribution in [0.2, 0.25) is 0 Å². The van der Waals surface area contributed by atoms with E-state index in [-0.39, 0.29) is 41.6 Å². The van der Waals surface area contributed by atoms with Crippen LogP contribution in [-0.2, 0) is 50.7 Å². The van der Waals surface area contributed by atoms with Gasteiger partial charge in [0.05, 0.1) is 19.5 Å². The molecule has 7 atom stereocenters. The van der Waals surface area contributed by atoms with Crippen LogP contribution < -0.4 is 16.4 Å². The third-order valence-corrected chi connectivity index (χ3v) is 12.9. The van der Waals surface area contributed by atoms with Crippen molar-refractivity contribution >= 4 is 69.1 Å². The Hall–Kier alpha value is -2.70. The van der Waals surface area contributed by atoms with Crippen molar-refractivity contribution in [2.45, 2.75) is 109 Å². The number of hydrogen-bond acceptors (Lipinski definition) is 18. The monoisotopic (exact) mass is 947 g/mol. The van der Waals surface area contributed by atoms with Gasteiger partial charge in [0.25, 0.3) is 0 Å². The maximum absolute atomic E-state index is 12.7. The van der Waals surface area contributed by atoms with Crippen LogP contribution in [0.25, 0.3) is 11.2 Å². The van der Waals surface area contributed by atoms with Gasteiger partial charge in [-0.2, -0.15) is 4.31 Å². The first-order valence-electron chi connectivity index (χ1n) is 19.3. The molecule has 3 rings (SSSR count). The highest BCUT2D eigenvalue weighted by Crippen LogP contribution is 2.61. The highest BCUT2D eigenvalue weighted by Gasteiger charge is 2.50. The third-order valence-electron chi connectivity index (χ3n) is 8.94. The molecule has 346 valence electrons. The molecule has 0 bridgehead atoms. The molecule has 1 aliphatic heterocycles. The Kier molecular flexibility index (Phi) is 21.0. The maximum atomic E-state index is 12.7. The van der Waals surface area contributed by atoms with Gasteiger partial charge in [-0.05, 0) is 12.8 Å². The first-order valence-corrected chi connectivity index (χ1v) is 24.8. The Balaban J connectivity index is 1.40. The number of unbranched alkanes of at least 4 members (excludes halogenated alkanes) is 6. The number of phosphoric ester groups is 3. The zero-order chi connectivity index (χ0) is 45.4. The number of carbonyl (C=O) groups excluding carboxylic acids is 3. The predicted octanol–water partition coefficient (Wildman–Crippen LogP) is 2.36. The molecule has 0 aliphatic carbocycles. The van der Waals surface area contributed by atoms with Gasteiger partial charge in [-0.25, -0.2) is 28.6 Å². The van der Waals surface area contributed by atoms with Crippen molar-refractivity contribution in [3.05, 3.63) is 24.8 Å². The summed E-state index contributed by atoms with van der Waals surface area (Å²) in [6, 6.07) is 0. The summed E-state index contributed by atoms with van der Waals surface area (Å²) in [6.07, 6.45) is 5.42. The summed E-state index contributed by atoms with van der Waals surface area (Å²) in [5.41, 5.74) is 4.27. The van der Waals surface area contributed by atoms with Crippen LogP contribution >= 0.6 is 35.2 Å². The second-order valence-electron chi connectivity index (χ2n) is 14.5. The molecule has 1 aliphatic rings. The number of fused-ring (bicyclic) bond motifs is 1. The Morgan fingerprint density at radius 3 is 2.39 bits per heavy atom. The standard InChI is InChI=1S/C33H56N7O17P3S/c1-4-5-6-7-8-9-10-11-12-13-24(42)61-17-16-35-23(41)14-15-36-31(45)28(44)33(2,3)19-54-60(51,52)57-59(49,50)53-18-22-27(56-58(46,47)48)26(43)32(55-22)40-21-39-25-29(34)37-20-38-30(25)40/h11-12,20-22,26-28,32,43-44H,4-10,13-19H2,1-3H3,(H,35,41)(H,36,45)(H,49,50)(H,51,52)(H2,34,37,38)(H2,46,47,48)/t22-,26?,27+,28+,32-/m1/s1. The Morgan fingerprint density at radius 2 is 1.69 bits per heavy atom. The van der Waals surface area contributed by atoms with Crippen molar-refractivity contribution in [1.82, 2.24) is 30.2 Å². The van der Waals surface area contributed by atoms with Gasteiger partial charge in [-0.15, -0.1) is 0 Å². The van der Waals surface area contributed by atoms with E-state index >= 15 is 0 Å². The van der Waals surface area contributed by atoms with E-state index in [4.69, 9.17) is 19.5 Å². The fourth-order valence-electron chi connectivity index (χ4n) is 5.69. The summed E-state index contributed by atoms with van der Waals surface area (Å²) in [5, 5.41) is 26.5. The van der Waals surface area contributed by atoms with E-state index in [2.05, 4.69) is 41.3 Å². The average molecular weight is 948 g/mol. The minimum absolute atomic E-state index is 0.0228. The molecule has 2 aromatic rings. The van der Waals surface area contributed by atoms with Gasteiger partial charge >= 0.3 is 23.5 Å². The number of phosphoric acid groups is 3. The molecule has 10 N–H and O–H groups in total. The number of nitrogens with zero attached hydrogens (tertiary/aromatic N) is 4. The molecular weight excluding hydrogens is 891 g/mol. The van der Waals surface area contributed by atoms with Crippen molar-refractivity contribution in [3.63, 3.8) is 0 Å². The molecule has 1 fully saturated rings. The summed E-state index contributed by atoms with van der Waals surface area (Å²) in [6.45, 7) is 2.70. The second-order valence-corrected chi connectivity index (χ2v) is 19.9. The van der Waals surface area contributed by atoms with Crippen LogP contribution in [0.5, 0.6) is 0 Å². The van der Waals surface area contributed by atoms with Crippen molar-refractivity contribution < 1.29 is 80.5 Å². The fraction of sp³-hybridized carbons (Fsp3) is 0.697. The molecule has 0 radical (unpaired) electrons. The molecule has 1 saturated heterocycles. The molecular formula is C33H56N7O17P3S. The first-order chi connectivity index (χ1) is 28.6. The van der Waals surface area contributed by atoms with Gasteiger partial charge in [0.2, 0.25) is 11.8 Å². The smallest absolute Gasteiger partial charge is 0.386 e. The number of amides is 2. The third kappa shape index (κ3) is 18.1. The zero-order valence-electron chi connectivity index (χ0n) is 33.9. The number of nitrogens with two attached hydrogens (primary N) is 1. The zero-order valence-corrected chi connectivity index (χ0v) is 37.4. The van der Waals surface area contributed by atoms with E-state index in [0.29, 0.717) is 12.2 Å². The SMILES string of the molecule is CCCCCCCCC=CCC(=O)SCCNC(=O)CCNC(=O)[C@H](O)C(C)(C)COP(=O)(O)OP(=O)(O)OC[C@H]1O[C@@H](n2cnc3c(N)ncnc32)C(O)[C@H]1OP(=O)(O)O. The van der Waals surface area contributed by atoms with Gasteiger partial charge in [-0.1, -0.05) is 76.8 Å². The largest absolute Gasteiger partial charge is 0.481 e. The lowest BCUT2D eigenvalue weighted by Gasteiger charge is -2.30. The van der Waals surface area contributed by atoms with Gasteiger partial charge in [0.15, 0.2) is 22.8 Å². The Morgan fingerprint density at radius 1 is 1.00 bits per heavy atom. The summed E-state index contributed by atoms with van der Waals surface area (Å²) in [5.74, 6) is -1.08. The van der Waals surface area contributed by atoms with Crippen LogP contribution in [0.1, 0.15) is 84.8 Å². The van der Waals surface area contributed by atoms with Crippen molar-refractivity contribution in [2.24, 2.45) is 5.41 Å². The number of anilines is 1. The number of carbonyl (C=O) groups is 3. The lowest BCUT2D eigenvalue weighted by molar-refractivity contribution is -0.137. The summed E-state index contributed by atoms with van der Waals surface area (Å²) in [7, 11) is -16.4. The van der Waals surface area contributed by atoms with Crippen LogP contribution in [0.15, 0.2) is 24.8 Å². The highest BCUT2D eigenvalue weighted by atomic mass is 32.2. The predicted molar refractivity (Wildman–Crippen MR) is 219 cm³/mol. The van der Waals surface area contributed by atoms with Gasteiger partial charge in [0.1, 0.15) is 36.3 Å².